The van der Waals surface area contributed by atoms with Crippen molar-refractivity contribution in [2.24, 2.45) is 0 Å². The van der Waals surface area contributed by atoms with Gasteiger partial charge in [0.25, 0.3) is 0 Å². The van der Waals surface area contributed by atoms with E-state index in [4.69, 9.17) is 25.5 Å². The van der Waals surface area contributed by atoms with Gasteiger partial charge in [0, 0.05) is 0 Å². The Hall–Kier alpha value is -6.04. The summed E-state index contributed by atoms with van der Waals surface area (Å²) in [6.45, 7) is 0. The molecule has 0 amide bonds. The first-order valence-corrected chi connectivity index (χ1v) is 14.1. The number of fused-ring (bicyclic) bond motifs is 7. The number of aromatic carboxylic acids is 6. The number of hydrogen-bond acceptors (Lipinski definition) is 6. The molecule has 0 atom stereocenters. The normalized spacial score (nSPS) is 12.9. The highest BCUT2D eigenvalue weighted by Crippen LogP contribution is 2.34. The Kier molecular flexibility index (Phi) is 8.29. The lowest BCUT2D eigenvalue weighted by Gasteiger charge is -2.22. The van der Waals surface area contributed by atoms with E-state index in [1.807, 2.05) is 0 Å². The Bertz CT molecular complexity index is 1980. The molecule has 7 rings (SSSR count). The zero-order chi connectivity index (χ0) is 33.4. The molecule has 0 heterocycles. The fourth-order valence-corrected chi connectivity index (χ4v) is 6.29. The Morgan fingerprint density at radius 3 is 1.37 bits per heavy atom. The van der Waals surface area contributed by atoms with Crippen molar-refractivity contribution in [3.8, 4) is 0 Å². The van der Waals surface area contributed by atoms with E-state index in [9.17, 15) is 33.9 Å². The highest BCUT2D eigenvalue weighted by Gasteiger charge is 2.28. The highest BCUT2D eigenvalue weighted by atomic mass is 16.4. The first-order valence-electron chi connectivity index (χ1n) is 14.1. The first kappa shape index (κ1) is 31.4. The van der Waals surface area contributed by atoms with Gasteiger partial charge < -0.3 is 30.6 Å². The van der Waals surface area contributed by atoms with E-state index in [-0.39, 0.29) is 27.8 Å². The van der Waals surface area contributed by atoms with Crippen LogP contribution in [0.4, 0.5) is 0 Å². The molecule has 0 saturated heterocycles. The van der Waals surface area contributed by atoms with Crippen LogP contribution < -0.4 is 0 Å². The van der Waals surface area contributed by atoms with E-state index in [1.165, 1.54) is 24.3 Å². The van der Waals surface area contributed by atoms with Gasteiger partial charge in [-0.05, 0) is 113 Å². The molecule has 0 unspecified atom stereocenters. The summed E-state index contributed by atoms with van der Waals surface area (Å²) in [6.07, 6.45) is 3.91. The molecule has 0 spiro atoms. The maximum Gasteiger partial charge on any atom is 0.336 e. The van der Waals surface area contributed by atoms with E-state index >= 15 is 0 Å². The molecule has 4 aromatic rings. The quantitative estimate of drug-likeness (QED) is 0.171. The van der Waals surface area contributed by atoms with Crippen molar-refractivity contribution in [1.29, 1.82) is 0 Å². The zero-order valence-corrected chi connectivity index (χ0v) is 24.0. The van der Waals surface area contributed by atoms with Gasteiger partial charge in [-0.2, -0.15) is 0 Å². The maximum absolute atomic E-state index is 11.2. The molecular formula is C34H26O12. The zero-order valence-electron chi connectivity index (χ0n) is 24.0. The minimum Gasteiger partial charge on any atom is -0.478 e. The van der Waals surface area contributed by atoms with Gasteiger partial charge in [-0.25, -0.2) is 28.8 Å². The molecule has 6 N–H and O–H groups in total. The van der Waals surface area contributed by atoms with Gasteiger partial charge in [-0.15, -0.1) is 0 Å². The van der Waals surface area contributed by atoms with Crippen LogP contribution in [0.3, 0.4) is 0 Å². The minimum absolute atomic E-state index is 0.114. The number of aryl methyl sites for hydroxylation is 3. The SMILES string of the molecule is O=C(O)c1ccc(C(=O)O)c2c1CC2.O=C(O)c1ccc2c(C(=O)O)c1CC2.O=C(O)c1ccc2c3c(C(=O)O)c(cc2c1)CC3. The van der Waals surface area contributed by atoms with Gasteiger partial charge in [-0.1, -0.05) is 18.2 Å². The third-order valence-electron chi connectivity index (χ3n) is 8.44. The average Bonchev–Trinajstić information content (AvgIpc) is 3.46. The average molecular weight is 627 g/mol. The van der Waals surface area contributed by atoms with E-state index in [0.29, 0.717) is 60.8 Å². The Balaban J connectivity index is 0.000000138. The van der Waals surface area contributed by atoms with Gasteiger partial charge in [-0.3, -0.25) is 0 Å². The molecule has 0 aromatic heterocycles. The summed E-state index contributed by atoms with van der Waals surface area (Å²) in [7, 11) is 0. The first-order chi connectivity index (χ1) is 21.8. The largest absolute Gasteiger partial charge is 0.478 e. The Morgan fingerprint density at radius 2 is 0.870 bits per heavy atom. The molecular weight excluding hydrogens is 600 g/mol. The summed E-state index contributed by atoms with van der Waals surface area (Å²) in [5, 5.41) is 55.1. The number of rotatable bonds is 6. The predicted octanol–water partition coefficient (Wildman–Crippen LogP) is 4.70. The summed E-state index contributed by atoms with van der Waals surface area (Å²) in [4.78, 5) is 65.3. The monoisotopic (exact) mass is 626 g/mol. The van der Waals surface area contributed by atoms with E-state index in [2.05, 4.69) is 0 Å². The van der Waals surface area contributed by atoms with Crippen molar-refractivity contribution in [2.75, 3.05) is 0 Å². The van der Waals surface area contributed by atoms with Crippen molar-refractivity contribution in [1.82, 2.24) is 0 Å². The number of hydrogen-bond donors (Lipinski definition) is 6. The summed E-state index contributed by atoms with van der Waals surface area (Å²) < 4.78 is 0. The topological polar surface area (TPSA) is 224 Å². The van der Waals surface area contributed by atoms with Crippen LogP contribution in [0.1, 0.15) is 95.5 Å². The number of carboxylic acids is 6. The van der Waals surface area contributed by atoms with Crippen LogP contribution in [0.15, 0.2) is 48.5 Å². The molecule has 0 saturated carbocycles. The van der Waals surface area contributed by atoms with E-state index in [0.717, 1.165) is 27.5 Å². The number of benzene rings is 4. The molecule has 4 aromatic carbocycles. The molecule has 4 bridgehead atoms. The fourth-order valence-electron chi connectivity index (χ4n) is 6.29. The smallest absolute Gasteiger partial charge is 0.336 e. The van der Waals surface area contributed by atoms with Crippen LogP contribution in [-0.2, 0) is 38.5 Å². The highest BCUT2D eigenvalue weighted by molar-refractivity contribution is 6.03. The van der Waals surface area contributed by atoms with Gasteiger partial charge >= 0.3 is 35.8 Å². The van der Waals surface area contributed by atoms with Gasteiger partial charge in [0.05, 0.1) is 33.4 Å². The standard InChI is InChI=1S/C14H10O4.2C10H8O4/c15-13(16)8-2-3-10-9(6-8)5-7-1-4-11(10)12(7)14(17)18;11-9(12)7-4-2-5-1-3-6(7)8(5)10(13)14;11-9(12)7-3-4-8(10(13)14)6-2-1-5(6)7/h2-3,5-6H,1,4H2,(H,15,16)(H,17,18);2,4H,1,3H2,(H,11,12)(H,13,14);3-4H,1-2H2,(H,11,12)(H,13,14). The van der Waals surface area contributed by atoms with Crippen molar-refractivity contribution in [2.45, 2.75) is 38.5 Å². The van der Waals surface area contributed by atoms with Crippen LogP contribution >= 0.6 is 0 Å². The summed E-state index contributed by atoms with van der Waals surface area (Å²) in [6, 6.07) is 12.4. The third-order valence-corrected chi connectivity index (χ3v) is 8.44. The second-order valence-electron chi connectivity index (χ2n) is 10.9. The Labute approximate surface area is 259 Å². The third kappa shape index (κ3) is 5.63. The van der Waals surface area contributed by atoms with Gasteiger partial charge in [0.1, 0.15) is 0 Å². The van der Waals surface area contributed by atoms with Crippen molar-refractivity contribution < 1.29 is 59.4 Å². The summed E-state index contributed by atoms with van der Waals surface area (Å²) in [5.41, 5.74) is 5.56. The molecule has 3 aliphatic rings. The van der Waals surface area contributed by atoms with E-state index < -0.39 is 35.8 Å². The minimum atomic E-state index is -1.06. The maximum atomic E-state index is 11.2. The van der Waals surface area contributed by atoms with Crippen LogP contribution in [-0.4, -0.2) is 66.5 Å². The number of carbonyl (C=O) groups is 6. The molecule has 0 radical (unpaired) electrons. The molecule has 0 aliphatic heterocycles. The lowest BCUT2D eigenvalue weighted by Crippen LogP contribution is -2.19. The predicted molar refractivity (Wildman–Crippen MR) is 161 cm³/mol. The van der Waals surface area contributed by atoms with Crippen molar-refractivity contribution >= 4 is 46.6 Å². The van der Waals surface area contributed by atoms with E-state index in [1.54, 1.807) is 24.3 Å². The molecule has 234 valence electrons. The molecule has 0 fully saturated rings. The molecule has 3 aliphatic carbocycles. The van der Waals surface area contributed by atoms with Crippen LogP contribution in [0, 0.1) is 0 Å². The molecule has 12 nitrogen and oxygen atoms in total. The second-order valence-corrected chi connectivity index (χ2v) is 10.9. The lowest BCUT2D eigenvalue weighted by atomic mass is 9.81. The van der Waals surface area contributed by atoms with Crippen LogP contribution in [0.2, 0.25) is 0 Å². The fraction of sp³-hybridized carbons (Fsp3) is 0.176. The molecule has 46 heavy (non-hydrogen) atoms. The van der Waals surface area contributed by atoms with Crippen molar-refractivity contribution in [3.05, 3.63) is 115 Å². The number of carboxylic acid groups (broad SMARTS) is 6. The van der Waals surface area contributed by atoms with Gasteiger partial charge in [0.2, 0.25) is 0 Å². The summed E-state index contributed by atoms with van der Waals surface area (Å²) in [5.74, 6) is -5.94. The Morgan fingerprint density at radius 1 is 0.413 bits per heavy atom. The lowest BCUT2D eigenvalue weighted by molar-refractivity contribution is 0.0677. The summed E-state index contributed by atoms with van der Waals surface area (Å²) >= 11 is 0. The molecule has 12 heteroatoms. The van der Waals surface area contributed by atoms with Crippen LogP contribution in [0.25, 0.3) is 10.8 Å². The van der Waals surface area contributed by atoms with Crippen LogP contribution in [0.5, 0.6) is 0 Å². The second kappa shape index (κ2) is 12.2. The van der Waals surface area contributed by atoms with Gasteiger partial charge in [0.15, 0.2) is 0 Å². The van der Waals surface area contributed by atoms with Crippen molar-refractivity contribution in [3.63, 3.8) is 0 Å².